The molecule has 0 bridgehead atoms. The molecule has 2 unspecified atom stereocenters. The highest BCUT2D eigenvalue weighted by molar-refractivity contribution is 5.87. The number of carbonyl (C=O) groups excluding carboxylic acids is 2. The van der Waals surface area contributed by atoms with Gasteiger partial charge in [-0.05, 0) is 31.7 Å². The zero-order chi connectivity index (χ0) is 12.8. The van der Waals surface area contributed by atoms with E-state index >= 15 is 0 Å². The van der Waals surface area contributed by atoms with E-state index in [9.17, 15) is 9.59 Å². The summed E-state index contributed by atoms with van der Waals surface area (Å²) in [5, 5.41) is 2.63. The van der Waals surface area contributed by atoms with Gasteiger partial charge in [-0.15, -0.1) is 0 Å². The quantitative estimate of drug-likeness (QED) is 0.733. The first-order valence-electron chi connectivity index (χ1n) is 6.31. The summed E-state index contributed by atoms with van der Waals surface area (Å²) in [4.78, 5) is 25.5. The zero-order valence-corrected chi connectivity index (χ0v) is 10.7. The molecule has 2 atom stereocenters. The van der Waals surface area contributed by atoms with E-state index in [1.165, 1.54) is 0 Å². The largest absolute Gasteiger partial charge is 0.357 e. The lowest BCUT2D eigenvalue weighted by atomic mass is 9.99. The fraction of sp³-hybridized carbons (Fsp3) is 0.833. The first-order chi connectivity index (χ1) is 8.10. The van der Waals surface area contributed by atoms with Gasteiger partial charge in [0.05, 0.1) is 0 Å². The van der Waals surface area contributed by atoms with Crippen LogP contribution >= 0.6 is 0 Å². The average Bonchev–Trinajstić information content (AvgIpc) is 2.37. The number of likely N-dealkylation sites (tertiary alicyclic amines) is 1. The Bertz CT molecular complexity index is 281. The molecule has 1 heterocycles. The molecule has 0 spiro atoms. The summed E-state index contributed by atoms with van der Waals surface area (Å²) in [7, 11) is 1.61. The molecule has 1 fully saturated rings. The fourth-order valence-electron chi connectivity index (χ4n) is 2.17. The van der Waals surface area contributed by atoms with Gasteiger partial charge in [0.2, 0.25) is 11.8 Å². The molecule has 0 aromatic heterocycles. The molecule has 0 radical (unpaired) electrons. The molecule has 0 saturated carbocycles. The minimum Gasteiger partial charge on any atom is -0.357 e. The van der Waals surface area contributed by atoms with E-state index in [1.807, 2.05) is 6.92 Å². The lowest BCUT2D eigenvalue weighted by Crippen LogP contribution is -2.51. The van der Waals surface area contributed by atoms with E-state index in [4.69, 9.17) is 5.73 Å². The first kappa shape index (κ1) is 14.0. The monoisotopic (exact) mass is 241 g/mol. The molecule has 3 N–H and O–H groups in total. The second-order valence-electron chi connectivity index (χ2n) is 4.76. The Hall–Kier alpha value is -1.10. The molecular formula is C12H23N3O2. The van der Waals surface area contributed by atoms with Crippen molar-refractivity contribution in [2.45, 2.75) is 38.6 Å². The van der Waals surface area contributed by atoms with Gasteiger partial charge in [0.15, 0.2) is 0 Å². The lowest BCUT2D eigenvalue weighted by Gasteiger charge is -2.35. The summed E-state index contributed by atoms with van der Waals surface area (Å²) in [5.74, 6) is 0.171. The standard InChI is InChI=1S/C12H23N3O2/c1-9(8-13)7-11(16)15-6-4-3-5-10(15)12(17)14-2/h9-10H,3-8,13H2,1-2H3,(H,14,17). The number of nitrogens with zero attached hydrogens (tertiary/aromatic N) is 1. The number of likely N-dealkylation sites (N-methyl/N-ethyl adjacent to an activating group) is 1. The molecule has 0 aromatic rings. The highest BCUT2D eigenvalue weighted by Crippen LogP contribution is 2.19. The van der Waals surface area contributed by atoms with Crippen LogP contribution in [0.2, 0.25) is 0 Å². The minimum absolute atomic E-state index is 0.0521. The van der Waals surface area contributed by atoms with Crippen molar-refractivity contribution in [1.29, 1.82) is 0 Å². The van der Waals surface area contributed by atoms with Crippen LogP contribution in [-0.4, -0.2) is 42.9 Å². The van der Waals surface area contributed by atoms with Gasteiger partial charge in [0.1, 0.15) is 6.04 Å². The average molecular weight is 241 g/mol. The zero-order valence-electron chi connectivity index (χ0n) is 10.7. The van der Waals surface area contributed by atoms with Crippen LogP contribution in [-0.2, 0) is 9.59 Å². The smallest absolute Gasteiger partial charge is 0.242 e. The molecule has 1 aliphatic heterocycles. The Labute approximate surface area is 103 Å². The normalized spacial score (nSPS) is 22.1. The molecule has 1 saturated heterocycles. The lowest BCUT2D eigenvalue weighted by molar-refractivity contribution is -0.142. The van der Waals surface area contributed by atoms with Crippen LogP contribution in [0, 0.1) is 5.92 Å². The number of hydrogen-bond donors (Lipinski definition) is 2. The summed E-state index contributed by atoms with van der Waals surface area (Å²) in [6, 6.07) is -0.286. The van der Waals surface area contributed by atoms with Crippen molar-refractivity contribution in [1.82, 2.24) is 10.2 Å². The highest BCUT2D eigenvalue weighted by Gasteiger charge is 2.31. The number of hydrogen-bond acceptors (Lipinski definition) is 3. The molecule has 5 heteroatoms. The van der Waals surface area contributed by atoms with Crippen molar-refractivity contribution in [3.05, 3.63) is 0 Å². The second-order valence-corrected chi connectivity index (χ2v) is 4.76. The molecule has 98 valence electrons. The van der Waals surface area contributed by atoms with E-state index < -0.39 is 0 Å². The number of nitrogens with one attached hydrogen (secondary N) is 1. The number of piperidine rings is 1. The highest BCUT2D eigenvalue weighted by atomic mass is 16.2. The number of amides is 2. The molecule has 17 heavy (non-hydrogen) atoms. The van der Waals surface area contributed by atoms with Crippen molar-refractivity contribution in [3.63, 3.8) is 0 Å². The van der Waals surface area contributed by atoms with Gasteiger partial charge in [-0.2, -0.15) is 0 Å². The first-order valence-corrected chi connectivity index (χ1v) is 6.31. The van der Waals surface area contributed by atoms with Gasteiger partial charge in [-0.3, -0.25) is 9.59 Å². The van der Waals surface area contributed by atoms with Gasteiger partial charge < -0.3 is 16.0 Å². The van der Waals surface area contributed by atoms with Crippen molar-refractivity contribution in [2.75, 3.05) is 20.1 Å². The van der Waals surface area contributed by atoms with E-state index in [2.05, 4.69) is 5.32 Å². The van der Waals surface area contributed by atoms with Crippen LogP contribution in [0.3, 0.4) is 0 Å². The maximum atomic E-state index is 12.1. The third kappa shape index (κ3) is 3.70. The predicted octanol–water partition coefficient (Wildman–Crippen LogP) is 0.0984. The van der Waals surface area contributed by atoms with E-state index in [1.54, 1.807) is 11.9 Å². The van der Waals surface area contributed by atoms with E-state index in [-0.39, 0.29) is 23.8 Å². The van der Waals surface area contributed by atoms with Crippen molar-refractivity contribution in [2.24, 2.45) is 11.7 Å². The summed E-state index contributed by atoms with van der Waals surface area (Å²) < 4.78 is 0. The van der Waals surface area contributed by atoms with Gasteiger partial charge >= 0.3 is 0 Å². The summed E-state index contributed by atoms with van der Waals surface area (Å²) in [6.07, 6.45) is 3.19. The van der Waals surface area contributed by atoms with Crippen molar-refractivity contribution >= 4 is 11.8 Å². The molecule has 5 nitrogen and oxygen atoms in total. The SMILES string of the molecule is CNC(=O)C1CCCCN1C(=O)CC(C)CN. The van der Waals surface area contributed by atoms with Gasteiger partial charge in [-0.1, -0.05) is 6.92 Å². The summed E-state index contributed by atoms with van der Waals surface area (Å²) >= 11 is 0. The van der Waals surface area contributed by atoms with Crippen LogP contribution in [0.5, 0.6) is 0 Å². The molecule has 2 amide bonds. The van der Waals surface area contributed by atoms with Crippen LogP contribution in [0.4, 0.5) is 0 Å². The van der Waals surface area contributed by atoms with Gasteiger partial charge in [0.25, 0.3) is 0 Å². The van der Waals surface area contributed by atoms with E-state index in [0.717, 1.165) is 19.3 Å². The number of nitrogens with two attached hydrogens (primary N) is 1. The Morgan fingerprint density at radius 1 is 1.47 bits per heavy atom. The molecule has 1 aliphatic rings. The number of carbonyl (C=O) groups is 2. The van der Waals surface area contributed by atoms with Crippen LogP contribution in [0.15, 0.2) is 0 Å². The minimum atomic E-state index is -0.286. The molecule has 0 aromatic carbocycles. The van der Waals surface area contributed by atoms with Crippen LogP contribution in [0.25, 0.3) is 0 Å². The Kier molecular flexibility index (Phi) is 5.41. The Morgan fingerprint density at radius 3 is 2.76 bits per heavy atom. The Morgan fingerprint density at radius 2 is 2.18 bits per heavy atom. The summed E-state index contributed by atoms with van der Waals surface area (Å²) in [5.41, 5.74) is 5.52. The third-order valence-corrected chi connectivity index (χ3v) is 3.30. The molecular weight excluding hydrogens is 218 g/mol. The number of rotatable bonds is 4. The molecule has 0 aliphatic carbocycles. The Balaban J connectivity index is 2.64. The maximum Gasteiger partial charge on any atom is 0.242 e. The predicted molar refractivity (Wildman–Crippen MR) is 66.3 cm³/mol. The molecule has 1 rings (SSSR count). The summed E-state index contributed by atoms with van der Waals surface area (Å²) in [6.45, 7) is 3.15. The maximum absolute atomic E-state index is 12.1. The van der Waals surface area contributed by atoms with Crippen LogP contribution < -0.4 is 11.1 Å². The van der Waals surface area contributed by atoms with E-state index in [0.29, 0.717) is 19.5 Å². The fourth-order valence-corrected chi connectivity index (χ4v) is 2.17. The third-order valence-electron chi connectivity index (χ3n) is 3.30. The van der Waals surface area contributed by atoms with Gasteiger partial charge in [-0.25, -0.2) is 0 Å². The van der Waals surface area contributed by atoms with Crippen molar-refractivity contribution < 1.29 is 9.59 Å². The van der Waals surface area contributed by atoms with Crippen LogP contribution in [0.1, 0.15) is 32.6 Å². The second kappa shape index (κ2) is 6.59. The van der Waals surface area contributed by atoms with Gasteiger partial charge in [0, 0.05) is 20.0 Å². The van der Waals surface area contributed by atoms with Crippen molar-refractivity contribution in [3.8, 4) is 0 Å². The topological polar surface area (TPSA) is 75.4 Å².